The molecule has 2 aromatic heterocycles. The second-order valence-electron chi connectivity index (χ2n) is 9.56. The van der Waals surface area contributed by atoms with E-state index in [2.05, 4.69) is 0 Å². The van der Waals surface area contributed by atoms with Crippen LogP contribution in [0.15, 0.2) is 96.0 Å². The Labute approximate surface area is 209 Å². The van der Waals surface area contributed by atoms with Gasteiger partial charge in [0.25, 0.3) is 10.0 Å². The summed E-state index contributed by atoms with van der Waals surface area (Å²) in [7, 11) is -4.03. The van der Waals surface area contributed by atoms with Gasteiger partial charge < -0.3 is 9.84 Å². The van der Waals surface area contributed by atoms with Gasteiger partial charge in [-0.1, -0.05) is 54.6 Å². The highest BCUT2D eigenvalue weighted by molar-refractivity contribution is 7.90. The molecule has 3 aromatic carbocycles. The highest BCUT2D eigenvalue weighted by atomic mass is 32.2. The predicted molar refractivity (Wildman–Crippen MR) is 139 cm³/mol. The van der Waals surface area contributed by atoms with Crippen LogP contribution in [0.3, 0.4) is 0 Å². The van der Waals surface area contributed by atoms with Crippen LogP contribution in [-0.4, -0.2) is 33.8 Å². The first-order chi connectivity index (χ1) is 17.1. The number of carbonyl (C=O) groups is 1. The van der Waals surface area contributed by atoms with Crippen molar-refractivity contribution >= 4 is 37.9 Å². The Hall–Kier alpha value is -3.88. The molecule has 0 amide bonds. The number of para-hydroxylation sites is 2. The number of benzene rings is 3. The van der Waals surface area contributed by atoms with Crippen molar-refractivity contribution in [3.63, 3.8) is 0 Å². The molecular weight excluding hydrogens is 476 g/mol. The van der Waals surface area contributed by atoms with Crippen molar-refractivity contribution in [3.05, 3.63) is 102 Å². The van der Waals surface area contributed by atoms with E-state index in [0.717, 1.165) is 0 Å². The number of aliphatic hydroxyl groups excluding tert-OH is 1. The van der Waals surface area contributed by atoms with Gasteiger partial charge >= 0.3 is 6.09 Å². The van der Waals surface area contributed by atoms with Gasteiger partial charge in [-0.25, -0.2) is 17.2 Å². The minimum Gasteiger partial charge on any atom is -0.443 e. The fraction of sp³-hybridized carbons (Fsp3) is 0.179. The molecule has 0 aliphatic heterocycles. The minimum atomic E-state index is -4.03. The quantitative estimate of drug-likeness (QED) is 0.341. The van der Waals surface area contributed by atoms with Crippen molar-refractivity contribution < 1.29 is 23.1 Å². The molecule has 5 rings (SSSR count). The number of hydrogen-bond donors (Lipinski definition) is 1. The smallest absolute Gasteiger partial charge is 0.419 e. The second kappa shape index (κ2) is 8.65. The lowest BCUT2D eigenvalue weighted by Crippen LogP contribution is -2.26. The van der Waals surface area contributed by atoms with E-state index in [-0.39, 0.29) is 10.6 Å². The molecular formula is C28H26N2O5S. The van der Waals surface area contributed by atoms with Crippen molar-refractivity contribution in [2.24, 2.45) is 0 Å². The zero-order valence-electron chi connectivity index (χ0n) is 20.1. The Bertz CT molecular complexity index is 1690. The van der Waals surface area contributed by atoms with Crippen LogP contribution in [0.2, 0.25) is 0 Å². The number of carbonyl (C=O) groups excluding carboxylic acids is 1. The van der Waals surface area contributed by atoms with Crippen LogP contribution in [0.4, 0.5) is 4.79 Å². The van der Waals surface area contributed by atoms with Crippen molar-refractivity contribution in [2.45, 2.75) is 37.4 Å². The van der Waals surface area contributed by atoms with Crippen LogP contribution >= 0.6 is 0 Å². The zero-order valence-corrected chi connectivity index (χ0v) is 20.9. The fourth-order valence-electron chi connectivity index (χ4n) is 4.35. The lowest BCUT2D eigenvalue weighted by molar-refractivity contribution is 0.0544. The molecule has 0 spiro atoms. The van der Waals surface area contributed by atoms with Crippen LogP contribution in [0.25, 0.3) is 21.8 Å². The van der Waals surface area contributed by atoms with Gasteiger partial charge in [-0.05, 0) is 51.1 Å². The molecule has 0 saturated carbocycles. The first kappa shape index (κ1) is 23.8. The predicted octanol–water partition coefficient (Wildman–Crippen LogP) is 5.70. The van der Waals surface area contributed by atoms with Gasteiger partial charge in [0.05, 0.1) is 21.6 Å². The summed E-state index contributed by atoms with van der Waals surface area (Å²) in [6.07, 6.45) is -0.417. The topological polar surface area (TPSA) is 90.5 Å². The number of fused-ring (bicyclic) bond motifs is 2. The van der Waals surface area contributed by atoms with E-state index in [9.17, 15) is 18.3 Å². The zero-order chi connectivity index (χ0) is 25.7. The van der Waals surface area contributed by atoms with E-state index in [1.807, 2.05) is 6.07 Å². The van der Waals surface area contributed by atoms with E-state index < -0.39 is 27.8 Å². The summed E-state index contributed by atoms with van der Waals surface area (Å²) in [5.74, 6) is 0. The van der Waals surface area contributed by atoms with Gasteiger partial charge in [-0.3, -0.25) is 4.57 Å². The first-order valence-corrected chi connectivity index (χ1v) is 12.9. The molecule has 0 bridgehead atoms. The second-order valence-corrected chi connectivity index (χ2v) is 11.4. The molecule has 2 heterocycles. The first-order valence-electron chi connectivity index (χ1n) is 11.5. The van der Waals surface area contributed by atoms with Gasteiger partial charge in [0.1, 0.15) is 11.7 Å². The van der Waals surface area contributed by atoms with E-state index in [0.29, 0.717) is 27.4 Å². The van der Waals surface area contributed by atoms with E-state index >= 15 is 0 Å². The number of aromatic nitrogens is 2. The average molecular weight is 503 g/mol. The molecule has 8 heteroatoms. The Kier molecular flexibility index (Phi) is 5.73. The number of nitrogens with zero attached hydrogens (tertiary/aromatic N) is 2. The van der Waals surface area contributed by atoms with Crippen molar-refractivity contribution in [2.75, 3.05) is 0 Å². The molecule has 184 valence electrons. The highest BCUT2D eigenvalue weighted by Crippen LogP contribution is 2.36. The molecule has 5 aromatic rings. The maximum Gasteiger partial charge on any atom is 0.419 e. The average Bonchev–Trinajstić information content (AvgIpc) is 3.43. The van der Waals surface area contributed by atoms with Crippen molar-refractivity contribution in [1.82, 2.24) is 8.54 Å². The lowest BCUT2D eigenvalue weighted by Gasteiger charge is -2.19. The normalized spacial score (nSPS) is 13.2. The Balaban J connectivity index is 1.72. The maximum atomic E-state index is 13.8. The van der Waals surface area contributed by atoms with Gasteiger partial charge in [0.15, 0.2) is 0 Å². The third kappa shape index (κ3) is 4.08. The van der Waals surface area contributed by atoms with Crippen LogP contribution in [-0.2, 0) is 14.8 Å². The lowest BCUT2D eigenvalue weighted by atomic mass is 10.1. The van der Waals surface area contributed by atoms with E-state index in [1.54, 1.807) is 87.5 Å². The third-order valence-electron chi connectivity index (χ3n) is 5.88. The number of aliphatic hydroxyl groups is 1. The molecule has 1 N–H and O–H groups in total. The van der Waals surface area contributed by atoms with Crippen LogP contribution in [0.1, 0.15) is 38.1 Å². The Morgan fingerprint density at radius 2 is 1.50 bits per heavy atom. The summed E-state index contributed by atoms with van der Waals surface area (Å²) in [4.78, 5) is 13.1. The number of rotatable bonds is 4. The van der Waals surface area contributed by atoms with Crippen molar-refractivity contribution in [3.8, 4) is 0 Å². The monoisotopic (exact) mass is 502 g/mol. The fourth-order valence-corrected chi connectivity index (χ4v) is 5.92. The van der Waals surface area contributed by atoms with Gasteiger partial charge in [-0.2, -0.15) is 0 Å². The molecule has 0 saturated heterocycles. The van der Waals surface area contributed by atoms with Gasteiger partial charge in [0, 0.05) is 22.5 Å². The third-order valence-corrected chi connectivity index (χ3v) is 7.64. The highest BCUT2D eigenvalue weighted by Gasteiger charge is 2.30. The Morgan fingerprint density at radius 1 is 0.889 bits per heavy atom. The number of hydrogen-bond acceptors (Lipinski definition) is 5. The van der Waals surface area contributed by atoms with Gasteiger partial charge in [0.2, 0.25) is 0 Å². The molecule has 0 aliphatic rings. The summed E-state index contributed by atoms with van der Waals surface area (Å²) in [6.45, 7) is 5.33. The maximum absolute atomic E-state index is 13.8. The Morgan fingerprint density at radius 3 is 2.19 bits per heavy atom. The van der Waals surface area contributed by atoms with Crippen LogP contribution in [0.5, 0.6) is 0 Å². The summed E-state index contributed by atoms with van der Waals surface area (Å²) in [5, 5.41) is 12.9. The SMILES string of the molecule is CC(C)(C)OC(=O)n1cc(C(O)c2cc3ccccc3n2S(=O)(=O)c2ccccc2)c2ccccc21. The van der Waals surface area contributed by atoms with Crippen LogP contribution < -0.4 is 0 Å². The summed E-state index contributed by atoms with van der Waals surface area (Å²) in [6, 6.07) is 24.0. The number of ether oxygens (including phenoxy) is 1. The summed E-state index contributed by atoms with van der Waals surface area (Å²) < 4.78 is 35.6. The molecule has 0 fully saturated rings. The molecule has 0 radical (unpaired) electrons. The van der Waals surface area contributed by atoms with Crippen molar-refractivity contribution in [1.29, 1.82) is 0 Å². The van der Waals surface area contributed by atoms with Crippen LogP contribution in [0, 0.1) is 0 Å². The molecule has 7 nitrogen and oxygen atoms in total. The molecule has 1 unspecified atom stereocenters. The molecule has 36 heavy (non-hydrogen) atoms. The molecule has 0 aliphatic carbocycles. The minimum absolute atomic E-state index is 0.107. The van der Waals surface area contributed by atoms with E-state index in [4.69, 9.17) is 4.74 Å². The molecule has 1 atom stereocenters. The standard InChI is InChI=1S/C28H26N2O5S/c1-28(2,3)35-27(32)29-18-22(21-14-8-10-16-24(21)29)26(31)25-17-19-11-7-9-15-23(19)30(25)36(33,34)20-12-5-4-6-13-20/h4-18,26,31H,1-3H3. The van der Waals surface area contributed by atoms with E-state index in [1.165, 1.54) is 26.9 Å². The summed E-state index contributed by atoms with van der Waals surface area (Å²) >= 11 is 0. The largest absolute Gasteiger partial charge is 0.443 e. The summed E-state index contributed by atoms with van der Waals surface area (Å²) in [5.41, 5.74) is 0.855. The van der Waals surface area contributed by atoms with Gasteiger partial charge in [-0.15, -0.1) is 0 Å².